The first-order valence-corrected chi connectivity index (χ1v) is 5.15. The molecule has 0 aliphatic heterocycles. The van der Waals surface area contributed by atoms with Gasteiger partial charge in [0.05, 0.1) is 17.2 Å². The maximum absolute atomic E-state index is 12.8. The lowest BCUT2D eigenvalue weighted by atomic mass is 10.1. The molecule has 0 aromatic heterocycles. The van der Waals surface area contributed by atoms with E-state index in [0.717, 1.165) is 18.2 Å². The number of nitrogens with zero attached hydrogens (tertiary/aromatic N) is 1. The van der Waals surface area contributed by atoms with Crippen molar-refractivity contribution in [2.24, 2.45) is 0 Å². The molecule has 1 aliphatic carbocycles. The third kappa shape index (κ3) is 2.54. The van der Waals surface area contributed by atoms with Crippen LogP contribution < -0.4 is 4.74 Å². The summed E-state index contributed by atoms with van der Waals surface area (Å²) in [4.78, 5) is 0. The molecule has 0 saturated heterocycles. The van der Waals surface area contributed by atoms with E-state index < -0.39 is 11.7 Å². The maximum atomic E-state index is 12.8. The molecule has 0 unspecified atom stereocenters. The fourth-order valence-electron chi connectivity index (χ4n) is 1.56. The molecule has 0 amide bonds. The number of nitriles is 1. The fourth-order valence-corrected chi connectivity index (χ4v) is 1.56. The normalized spacial score (nSPS) is 14.2. The molecule has 2 rings (SSSR count). The van der Waals surface area contributed by atoms with E-state index in [1.165, 1.54) is 0 Å². The van der Waals surface area contributed by atoms with Crippen molar-refractivity contribution in [3.63, 3.8) is 0 Å². The average molecular weight is 251 g/mol. The zero-order chi connectivity index (χ0) is 13.2. The number of rotatable bonds is 2. The molecule has 18 heavy (non-hydrogen) atoms. The molecule has 0 radical (unpaired) electrons. The Labute approximate surface area is 102 Å². The molecule has 0 bridgehead atoms. The highest BCUT2D eigenvalue weighted by atomic mass is 19.4. The molecule has 1 aromatic rings. The molecule has 0 spiro atoms. The Balaban J connectivity index is 2.38. The molecule has 0 fully saturated rings. The lowest BCUT2D eigenvalue weighted by Gasteiger charge is -2.14. The molecule has 92 valence electrons. The molecule has 5 heteroatoms. The van der Waals surface area contributed by atoms with Crippen LogP contribution in [0.25, 0.3) is 0 Å². The number of hydrogen-bond donors (Lipinski definition) is 0. The van der Waals surface area contributed by atoms with E-state index in [0.29, 0.717) is 12.2 Å². The van der Waals surface area contributed by atoms with Gasteiger partial charge in [-0.25, -0.2) is 0 Å². The van der Waals surface area contributed by atoms with E-state index in [4.69, 9.17) is 10.00 Å². The number of alkyl halides is 3. The zero-order valence-corrected chi connectivity index (χ0v) is 9.16. The molecule has 0 heterocycles. The van der Waals surface area contributed by atoms with Crippen LogP contribution in [0, 0.1) is 11.3 Å². The summed E-state index contributed by atoms with van der Waals surface area (Å²) in [6, 6.07) is 4.87. The van der Waals surface area contributed by atoms with Crippen molar-refractivity contribution >= 4 is 0 Å². The van der Waals surface area contributed by atoms with Gasteiger partial charge in [0.15, 0.2) is 0 Å². The molecular formula is C13H8F3NO. The Hall–Kier alpha value is -2.22. The second-order valence-electron chi connectivity index (χ2n) is 3.69. The maximum Gasteiger partial charge on any atom is 0.419 e. The van der Waals surface area contributed by atoms with E-state index in [2.05, 4.69) is 0 Å². The SMILES string of the molecule is N#Cc1ccc(C(F)(F)F)c(OC2=CC=CC2)c1. The van der Waals surface area contributed by atoms with Gasteiger partial charge in [-0.2, -0.15) is 18.4 Å². The highest BCUT2D eigenvalue weighted by Crippen LogP contribution is 2.37. The predicted octanol–water partition coefficient (Wildman–Crippen LogP) is 3.80. The van der Waals surface area contributed by atoms with Crippen LogP contribution in [0.4, 0.5) is 13.2 Å². The van der Waals surface area contributed by atoms with Gasteiger partial charge in [0.1, 0.15) is 11.5 Å². The van der Waals surface area contributed by atoms with Crippen LogP contribution in [0.5, 0.6) is 5.75 Å². The fraction of sp³-hybridized carbons (Fsp3) is 0.154. The van der Waals surface area contributed by atoms with E-state index in [-0.39, 0.29) is 11.3 Å². The summed E-state index contributed by atoms with van der Waals surface area (Å²) in [5, 5.41) is 8.70. The number of hydrogen-bond acceptors (Lipinski definition) is 2. The van der Waals surface area contributed by atoms with Gasteiger partial charge >= 0.3 is 6.18 Å². The molecule has 0 saturated carbocycles. The van der Waals surface area contributed by atoms with E-state index in [1.54, 1.807) is 24.3 Å². The van der Waals surface area contributed by atoms with Crippen molar-refractivity contribution in [1.82, 2.24) is 0 Å². The van der Waals surface area contributed by atoms with E-state index in [1.807, 2.05) is 0 Å². The van der Waals surface area contributed by atoms with Crippen molar-refractivity contribution in [2.75, 3.05) is 0 Å². The van der Waals surface area contributed by atoms with E-state index in [9.17, 15) is 13.2 Å². The smallest absolute Gasteiger partial charge is 0.419 e. The average Bonchev–Trinajstić information content (AvgIpc) is 2.80. The highest BCUT2D eigenvalue weighted by Gasteiger charge is 2.34. The third-order valence-electron chi connectivity index (χ3n) is 2.39. The molecule has 0 atom stereocenters. The second kappa shape index (κ2) is 4.57. The first-order valence-electron chi connectivity index (χ1n) is 5.15. The van der Waals surface area contributed by atoms with E-state index >= 15 is 0 Å². The van der Waals surface area contributed by atoms with Gasteiger partial charge in [-0.3, -0.25) is 0 Å². The Bertz CT molecular complexity index is 565. The minimum Gasteiger partial charge on any atom is -0.461 e. The van der Waals surface area contributed by atoms with Gasteiger partial charge in [-0.1, -0.05) is 12.2 Å². The second-order valence-corrected chi connectivity index (χ2v) is 3.69. The quantitative estimate of drug-likeness (QED) is 0.800. The summed E-state index contributed by atoms with van der Waals surface area (Å²) in [5.41, 5.74) is -0.751. The van der Waals surface area contributed by atoms with Crippen LogP contribution in [0.3, 0.4) is 0 Å². The monoisotopic (exact) mass is 251 g/mol. The molecular weight excluding hydrogens is 243 g/mol. The Morgan fingerprint density at radius 1 is 1.28 bits per heavy atom. The number of allylic oxidation sites excluding steroid dienone is 3. The first-order chi connectivity index (χ1) is 8.50. The van der Waals surface area contributed by atoms with Gasteiger partial charge in [0.25, 0.3) is 0 Å². The van der Waals surface area contributed by atoms with Crippen molar-refractivity contribution in [2.45, 2.75) is 12.6 Å². The van der Waals surface area contributed by atoms with Gasteiger partial charge in [-0.15, -0.1) is 0 Å². The lowest BCUT2D eigenvalue weighted by molar-refractivity contribution is -0.138. The standard InChI is InChI=1S/C13H8F3NO/c14-13(15,16)11-6-5-9(8-17)7-12(11)18-10-3-1-2-4-10/h1-3,5-7H,4H2. The van der Waals surface area contributed by atoms with Gasteiger partial charge in [0, 0.05) is 6.42 Å². The summed E-state index contributed by atoms with van der Waals surface area (Å²) in [6.45, 7) is 0. The lowest BCUT2D eigenvalue weighted by Crippen LogP contribution is -2.08. The summed E-state index contributed by atoms with van der Waals surface area (Å²) in [7, 11) is 0. The minimum absolute atomic E-state index is 0.129. The molecule has 2 nitrogen and oxygen atoms in total. The largest absolute Gasteiger partial charge is 0.461 e. The topological polar surface area (TPSA) is 33.0 Å². The van der Waals surface area contributed by atoms with Gasteiger partial charge < -0.3 is 4.74 Å². The summed E-state index contributed by atoms with van der Waals surface area (Å²) in [5.74, 6) is 0.0899. The zero-order valence-electron chi connectivity index (χ0n) is 9.16. The third-order valence-corrected chi connectivity index (χ3v) is 2.39. The van der Waals surface area contributed by atoms with Crippen molar-refractivity contribution < 1.29 is 17.9 Å². The highest BCUT2D eigenvalue weighted by molar-refractivity contribution is 5.45. The van der Waals surface area contributed by atoms with Crippen molar-refractivity contribution in [3.05, 3.63) is 53.3 Å². The van der Waals surface area contributed by atoms with Crippen LogP contribution in [0.1, 0.15) is 17.5 Å². The molecule has 0 N–H and O–H groups in total. The van der Waals surface area contributed by atoms with Crippen LogP contribution in [-0.2, 0) is 6.18 Å². The predicted molar refractivity (Wildman–Crippen MR) is 58.6 cm³/mol. The van der Waals surface area contributed by atoms with Crippen LogP contribution in [0.15, 0.2) is 42.2 Å². The Morgan fingerprint density at radius 2 is 2.06 bits per heavy atom. The van der Waals surface area contributed by atoms with Crippen LogP contribution >= 0.6 is 0 Å². The van der Waals surface area contributed by atoms with Crippen molar-refractivity contribution in [1.29, 1.82) is 5.26 Å². The number of ether oxygens (including phenoxy) is 1. The molecule has 1 aliphatic rings. The summed E-state index contributed by atoms with van der Waals surface area (Å²) >= 11 is 0. The van der Waals surface area contributed by atoms with Gasteiger partial charge in [0.2, 0.25) is 0 Å². The summed E-state index contributed by atoms with van der Waals surface area (Å²) in [6.07, 6.45) is 1.02. The van der Waals surface area contributed by atoms with Gasteiger partial charge in [-0.05, 0) is 24.3 Å². The summed E-state index contributed by atoms with van der Waals surface area (Å²) < 4.78 is 43.5. The Kier molecular flexibility index (Phi) is 3.11. The number of benzene rings is 1. The van der Waals surface area contributed by atoms with Crippen LogP contribution in [-0.4, -0.2) is 0 Å². The first kappa shape index (κ1) is 12.2. The van der Waals surface area contributed by atoms with Crippen LogP contribution in [0.2, 0.25) is 0 Å². The van der Waals surface area contributed by atoms with Crippen molar-refractivity contribution in [3.8, 4) is 11.8 Å². The Morgan fingerprint density at radius 3 is 2.61 bits per heavy atom. The number of halogens is 3. The minimum atomic E-state index is -4.50. The molecule has 1 aromatic carbocycles.